The predicted octanol–water partition coefficient (Wildman–Crippen LogP) is -0.992. The Balaban J connectivity index is 0.00000144. The molecule has 17 heavy (non-hydrogen) atoms. The minimum absolute atomic E-state index is 0. The molecule has 0 atom stereocenters. The van der Waals surface area contributed by atoms with Crippen molar-refractivity contribution in [3.05, 3.63) is 16.1 Å². The number of carbonyl (C=O) groups is 1. The molecular formula is C12H18BrNO2S. The smallest absolute Gasteiger partial charge is 0.305 e. The SMILES string of the molecule is Cc1c2sc[n+]1CCCCCC(=O)OCC2.[Br-]. The van der Waals surface area contributed by atoms with E-state index >= 15 is 0 Å². The van der Waals surface area contributed by atoms with Gasteiger partial charge >= 0.3 is 5.97 Å². The third kappa shape index (κ3) is 4.07. The standard InChI is InChI=1S/C12H18NO2S.BrH/c1-10-11-6-8-15-12(14)5-3-2-4-7-13(10)9-16-11;/h9H,2-8H2,1H3;1H/q+1;/p-1. The van der Waals surface area contributed by atoms with Crippen molar-refractivity contribution in [3.8, 4) is 0 Å². The summed E-state index contributed by atoms with van der Waals surface area (Å²) < 4.78 is 7.52. The van der Waals surface area contributed by atoms with Crippen LogP contribution in [0.5, 0.6) is 0 Å². The Morgan fingerprint density at radius 3 is 2.94 bits per heavy atom. The summed E-state index contributed by atoms with van der Waals surface area (Å²) in [5.74, 6) is -0.0392. The maximum atomic E-state index is 11.3. The first-order valence-electron chi connectivity index (χ1n) is 5.89. The normalized spacial score (nSPS) is 17.4. The third-order valence-electron chi connectivity index (χ3n) is 3.03. The second kappa shape index (κ2) is 7.11. The van der Waals surface area contributed by atoms with Gasteiger partial charge in [0.05, 0.1) is 11.5 Å². The zero-order chi connectivity index (χ0) is 11.4. The molecule has 96 valence electrons. The molecule has 0 aromatic carbocycles. The van der Waals surface area contributed by atoms with Crippen molar-refractivity contribution in [3.63, 3.8) is 0 Å². The molecule has 1 aromatic heterocycles. The average molecular weight is 320 g/mol. The van der Waals surface area contributed by atoms with Crippen LogP contribution in [0.25, 0.3) is 0 Å². The van der Waals surface area contributed by atoms with E-state index in [1.54, 1.807) is 11.3 Å². The minimum Gasteiger partial charge on any atom is -1.00 e. The van der Waals surface area contributed by atoms with Crippen LogP contribution in [0, 0.1) is 6.92 Å². The van der Waals surface area contributed by atoms with Gasteiger partial charge in [0.15, 0.2) is 5.69 Å². The van der Waals surface area contributed by atoms with Gasteiger partial charge in [-0.05, 0) is 12.8 Å². The highest BCUT2D eigenvalue weighted by Crippen LogP contribution is 2.13. The number of thiazole rings is 1. The molecule has 0 fully saturated rings. The summed E-state index contributed by atoms with van der Waals surface area (Å²) in [7, 11) is 0. The van der Waals surface area contributed by atoms with Gasteiger partial charge in [0.1, 0.15) is 6.54 Å². The number of halogens is 1. The second-order valence-electron chi connectivity index (χ2n) is 4.21. The van der Waals surface area contributed by atoms with Crippen LogP contribution in [0.2, 0.25) is 0 Å². The van der Waals surface area contributed by atoms with E-state index in [1.807, 2.05) is 0 Å². The lowest BCUT2D eigenvalue weighted by Gasteiger charge is -2.05. The summed E-state index contributed by atoms with van der Waals surface area (Å²) in [4.78, 5) is 12.7. The first-order chi connectivity index (χ1) is 7.77. The molecule has 1 aromatic rings. The number of fused-ring (bicyclic) bond motifs is 2. The van der Waals surface area contributed by atoms with Gasteiger partial charge in [0.25, 0.3) is 0 Å². The Morgan fingerprint density at radius 1 is 1.29 bits per heavy atom. The Kier molecular flexibility index (Phi) is 6.12. The van der Waals surface area contributed by atoms with Crippen molar-refractivity contribution in [1.29, 1.82) is 0 Å². The molecule has 0 spiro atoms. The lowest BCUT2D eigenvalue weighted by molar-refractivity contribution is -0.698. The van der Waals surface area contributed by atoms with E-state index in [-0.39, 0.29) is 23.0 Å². The maximum Gasteiger partial charge on any atom is 0.305 e. The van der Waals surface area contributed by atoms with Crippen LogP contribution in [0.3, 0.4) is 0 Å². The van der Waals surface area contributed by atoms with Gasteiger partial charge in [-0.1, -0.05) is 11.3 Å². The lowest BCUT2D eigenvalue weighted by atomic mass is 10.2. The van der Waals surface area contributed by atoms with Crippen LogP contribution in [0.4, 0.5) is 0 Å². The lowest BCUT2D eigenvalue weighted by Crippen LogP contribution is -3.00. The number of esters is 1. The summed E-state index contributed by atoms with van der Waals surface area (Å²) >= 11 is 1.77. The molecular weight excluding hydrogens is 302 g/mol. The van der Waals surface area contributed by atoms with Crippen molar-refractivity contribution in [2.75, 3.05) is 6.61 Å². The highest BCUT2D eigenvalue weighted by Gasteiger charge is 2.16. The average Bonchev–Trinajstić information content (AvgIpc) is 2.60. The van der Waals surface area contributed by atoms with E-state index in [2.05, 4.69) is 17.0 Å². The molecule has 0 N–H and O–H groups in total. The van der Waals surface area contributed by atoms with Crippen LogP contribution in [0.15, 0.2) is 5.51 Å². The summed E-state index contributed by atoms with van der Waals surface area (Å²) in [6.45, 7) is 3.76. The summed E-state index contributed by atoms with van der Waals surface area (Å²) in [5.41, 5.74) is 3.52. The van der Waals surface area contributed by atoms with Gasteiger partial charge in [-0.25, -0.2) is 0 Å². The highest BCUT2D eigenvalue weighted by atomic mass is 79.9. The molecule has 0 saturated carbocycles. The molecule has 0 aliphatic carbocycles. The molecule has 5 heteroatoms. The largest absolute Gasteiger partial charge is 1.00 e. The molecule has 0 unspecified atom stereocenters. The quantitative estimate of drug-likeness (QED) is 0.454. The predicted molar refractivity (Wildman–Crippen MR) is 62.4 cm³/mol. The summed E-state index contributed by atoms with van der Waals surface area (Å²) in [6, 6.07) is 0. The van der Waals surface area contributed by atoms with E-state index in [0.717, 1.165) is 32.2 Å². The third-order valence-corrected chi connectivity index (χ3v) is 4.17. The van der Waals surface area contributed by atoms with Gasteiger partial charge in [0.2, 0.25) is 5.51 Å². The highest BCUT2D eigenvalue weighted by molar-refractivity contribution is 7.09. The fraction of sp³-hybridized carbons (Fsp3) is 0.667. The zero-order valence-corrected chi connectivity index (χ0v) is 12.5. The molecule has 1 aliphatic rings. The van der Waals surface area contributed by atoms with Crippen molar-refractivity contribution < 1.29 is 31.1 Å². The Bertz CT molecular complexity index is 379. The number of rotatable bonds is 0. The molecule has 0 radical (unpaired) electrons. The number of hydrogen-bond acceptors (Lipinski definition) is 3. The first kappa shape index (κ1) is 14.6. The number of aromatic nitrogens is 1. The van der Waals surface area contributed by atoms with Crippen molar-refractivity contribution in [2.24, 2.45) is 0 Å². The van der Waals surface area contributed by atoms with E-state index in [0.29, 0.717) is 13.0 Å². The first-order valence-corrected chi connectivity index (χ1v) is 6.77. The molecule has 2 rings (SSSR count). The Hall–Kier alpha value is -0.420. The maximum absolute atomic E-state index is 11.3. The fourth-order valence-corrected chi connectivity index (χ4v) is 2.98. The molecule has 2 bridgehead atoms. The van der Waals surface area contributed by atoms with Gasteiger partial charge in [-0.15, -0.1) is 0 Å². The van der Waals surface area contributed by atoms with Gasteiger partial charge in [0, 0.05) is 26.2 Å². The van der Waals surface area contributed by atoms with E-state index in [9.17, 15) is 4.79 Å². The van der Waals surface area contributed by atoms with E-state index in [1.165, 1.54) is 10.6 Å². The number of cyclic esters (lactones) is 1. The zero-order valence-electron chi connectivity index (χ0n) is 10.1. The number of aryl methyl sites for hydroxylation is 1. The number of hydrogen-bond donors (Lipinski definition) is 0. The number of ether oxygens (including phenoxy) is 1. The van der Waals surface area contributed by atoms with Crippen LogP contribution < -0.4 is 21.5 Å². The van der Waals surface area contributed by atoms with E-state index < -0.39 is 0 Å². The Labute approximate surface area is 117 Å². The van der Waals surface area contributed by atoms with Crippen LogP contribution in [0.1, 0.15) is 36.3 Å². The monoisotopic (exact) mass is 319 g/mol. The molecule has 0 amide bonds. The van der Waals surface area contributed by atoms with Crippen molar-refractivity contribution >= 4 is 17.3 Å². The molecule has 3 nitrogen and oxygen atoms in total. The van der Waals surface area contributed by atoms with Gasteiger partial charge in [-0.3, -0.25) is 4.79 Å². The number of carbonyl (C=O) groups excluding carboxylic acids is 1. The summed E-state index contributed by atoms with van der Waals surface area (Å²) in [6.07, 6.45) is 4.64. The van der Waals surface area contributed by atoms with Crippen molar-refractivity contribution in [2.45, 2.75) is 45.6 Å². The van der Waals surface area contributed by atoms with Crippen LogP contribution >= 0.6 is 11.3 Å². The minimum atomic E-state index is -0.0392. The van der Waals surface area contributed by atoms with E-state index in [4.69, 9.17) is 4.74 Å². The topological polar surface area (TPSA) is 30.2 Å². The second-order valence-corrected chi connectivity index (χ2v) is 5.15. The fourth-order valence-electron chi connectivity index (χ4n) is 1.97. The van der Waals surface area contributed by atoms with Crippen LogP contribution in [-0.4, -0.2) is 12.6 Å². The van der Waals surface area contributed by atoms with Gasteiger partial charge in [-0.2, -0.15) is 4.57 Å². The van der Waals surface area contributed by atoms with Crippen LogP contribution in [-0.2, 0) is 22.5 Å². The molecule has 1 aliphatic heterocycles. The summed E-state index contributed by atoms with van der Waals surface area (Å²) in [5, 5.41) is 0. The Morgan fingerprint density at radius 2 is 2.12 bits per heavy atom. The molecule has 0 saturated heterocycles. The van der Waals surface area contributed by atoms with Crippen molar-refractivity contribution in [1.82, 2.24) is 0 Å². The molecule has 2 heterocycles. The number of nitrogens with zero attached hydrogens (tertiary/aromatic N) is 1. The van der Waals surface area contributed by atoms with Gasteiger partial charge < -0.3 is 21.7 Å².